The Bertz CT molecular complexity index is 371. The van der Waals surface area contributed by atoms with E-state index >= 15 is 0 Å². The van der Waals surface area contributed by atoms with Gasteiger partial charge in [0.25, 0.3) is 5.91 Å². The maximum atomic E-state index is 11.4. The Labute approximate surface area is 106 Å². The molecule has 0 bridgehead atoms. The monoisotopic (exact) mass is 257 g/mol. The van der Waals surface area contributed by atoms with Gasteiger partial charge in [-0.15, -0.1) is 0 Å². The van der Waals surface area contributed by atoms with E-state index in [2.05, 4.69) is 5.32 Å². The van der Waals surface area contributed by atoms with E-state index in [9.17, 15) is 4.79 Å². The topological polar surface area (TPSA) is 58.6 Å². The molecule has 0 heterocycles. The number of ether oxygens (including phenoxy) is 1. The van der Waals surface area contributed by atoms with Crippen LogP contribution in [0.25, 0.3) is 0 Å². The summed E-state index contributed by atoms with van der Waals surface area (Å²) in [4.78, 5) is 11.4. The van der Waals surface area contributed by atoms with Gasteiger partial charge in [0.2, 0.25) is 0 Å². The Morgan fingerprint density at radius 1 is 1.59 bits per heavy atom. The number of aliphatic hydroxyl groups is 1. The molecule has 0 saturated heterocycles. The lowest BCUT2D eigenvalue weighted by Gasteiger charge is -2.12. The Balaban J connectivity index is 2.33. The molecule has 1 unspecified atom stereocenters. The van der Waals surface area contributed by atoms with Crippen LogP contribution in [0.5, 0.6) is 5.75 Å². The summed E-state index contributed by atoms with van der Waals surface area (Å²) in [5.41, 5.74) is 0. The number of hydrogen-bond acceptors (Lipinski definition) is 3. The zero-order valence-corrected chi connectivity index (χ0v) is 10.4. The molecule has 1 amide bonds. The van der Waals surface area contributed by atoms with Crippen molar-refractivity contribution < 1.29 is 14.6 Å². The van der Waals surface area contributed by atoms with Crippen molar-refractivity contribution >= 4 is 17.5 Å². The van der Waals surface area contributed by atoms with E-state index in [0.717, 1.165) is 0 Å². The Hall–Kier alpha value is -1.26. The Morgan fingerprint density at radius 3 is 3.00 bits per heavy atom. The molecule has 1 atom stereocenters. The molecule has 0 aliphatic rings. The predicted molar refractivity (Wildman–Crippen MR) is 66.3 cm³/mol. The summed E-state index contributed by atoms with van der Waals surface area (Å²) >= 11 is 5.78. The molecule has 0 fully saturated rings. The molecular formula is C12H16ClNO3. The largest absolute Gasteiger partial charge is 0.484 e. The second-order valence-corrected chi connectivity index (χ2v) is 4.16. The number of carbonyl (C=O) groups excluding carboxylic acids is 1. The highest BCUT2D eigenvalue weighted by molar-refractivity contribution is 6.30. The molecule has 0 aliphatic heterocycles. The van der Waals surface area contributed by atoms with Gasteiger partial charge in [-0.2, -0.15) is 0 Å². The SMILES string of the molecule is CC(CCO)NC(=O)COc1cccc(Cl)c1. The smallest absolute Gasteiger partial charge is 0.258 e. The third-order valence-electron chi connectivity index (χ3n) is 2.14. The van der Waals surface area contributed by atoms with Crippen LogP contribution >= 0.6 is 11.6 Å². The lowest BCUT2D eigenvalue weighted by atomic mass is 10.2. The summed E-state index contributed by atoms with van der Waals surface area (Å²) in [6, 6.07) is 6.81. The first kappa shape index (κ1) is 13.8. The zero-order chi connectivity index (χ0) is 12.7. The van der Waals surface area contributed by atoms with Gasteiger partial charge in [0.05, 0.1) is 0 Å². The van der Waals surface area contributed by atoms with E-state index in [1.54, 1.807) is 24.3 Å². The molecule has 0 aromatic heterocycles. The van der Waals surface area contributed by atoms with Gasteiger partial charge in [-0.3, -0.25) is 4.79 Å². The van der Waals surface area contributed by atoms with E-state index in [-0.39, 0.29) is 25.2 Å². The van der Waals surface area contributed by atoms with Crippen LogP contribution in [0.2, 0.25) is 5.02 Å². The van der Waals surface area contributed by atoms with Gasteiger partial charge in [0.1, 0.15) is 5.75 Å². The van der Waals surface area contributed by atoms with Crippen molar-refractivity contribution in [2.45, 2.75) is 19.4 Å². The minimum Gasteiger partial charge on any atom is -0.484 e. The summed E-state index contributed by atoms with van der Waals surface area (Å²) < 4.78 is 5.27. The predicted octanol–water partition coefficient (Wildman–Crippen LogP) is 1.61. The summed E-state index contributed by atoms with van der Waals surface area (Å²) in [5.74, 6) is 0.341. The molecule has 0 saturated carbocycles. The Morgan fingerprint density at radius 2 is 2.35 bits per heavy atom. The highest BCUT2D eigenvalue weighted by atomic mass is 35.5. The van der Waals surface area contributed by atoms with Crippen LogP contribution in [0.1, 0.15) is 13.3 Å². The molecule has 17 heavy (non-hydrogen) atoms. The molecule has 5 heteroatoms. The number of halogens is 1. The van der Waals surface area contributed by atoms with Crippen molar-refractivity contribution in [3.05, 3.63) is 29.3 Å². The molecule has 1 aromatic rings. The second-order valence-electron chi connectivity index (χ2n) is 3.73. The van der Waals surface area contributed by atoms with Crippen molar-refractivity contribution in [3.8, 4) is 5.75 Å². The molecule has 94 valence electrons. The number of nitrogens with one attached hydrogen (secondary N) is 1. The average molecular weight is 258 g/mol. The molecule has 0 radical (unpaired) electrons. The van der Waals surface area contributed by atoms with Crippen molar-refractivity contribution in [1.82, 2.24) is 5.32 Å². The average Bonchev–Trinajstić information content (AvgIpc) is 2.27. The van der Waals surface area contributed by atoms with Gasteiger partial charge in [0, 0.05) is 17.7 Å². The number of rotatable bonds is 6. The molecule has 0 spiro atoms. The zero-order valence-electron chi connectivity index (χ0n) is 9.65. The minimum absolute atomic E-state index is 0.0522. The van der Waals surface area contributed by atoms with Crippen LogP contribution in [0.4, 0.5) is 0 Å². The van der Waals surface area contributed by atoms with Gasteiger partial charge in [-0.25, -0.2) is 0 Å². The van der Waals surface area contributed by atoms with Gasteiger partial charge >= 0.3 is 0 Å². The Kier molecular flexibility index (Phi) is 5.80. The first-order valence-corrected chi connectivity index (χ1v) is 5.78. The number of hydrogen-bond donors (Lipinski definition) is 2. The van der Waals surface area contributed by atoms with Gasteiger partial charge in [0.15, 0.2) is 6.61 Å². The fourth-order valence-corrected chi connectivity index (χ4v) is 1.47. The van der Waals surface area contributed by atoms with E-state index in [1.165, 1.54) is 0 Å². The summed E-state index contributed by atoms with van der Waals surface area (Å²) in [7, 11) is 0. The van der Waals surface area contributed by atoms with Crippen LogP contribution in [0.15, 0.2) is 24.3 Å². The van der Waals surface area contributed by atoms with E-state index in [4.69, 9.17) is 21.4 Å². The maximum absolute atomic E-state index is 11.4. The second kappa shape index (κ2) is 7.14. The van der Waals surface area contributed by atoms with Crippen molar-refractivity contribution in [3.63, 3.8) is 0 Å². The normalized spacial score (nSPS) is 11.9. The third-order valence-corrected chi connectivity index (χ3v) is 2.37. The van der Waals surface area contributed by atoms with Crippen molar-refractivity contribution in [2.75, 3.05) is 13.2 Å². The van der Waals surface area contributed by atoms with Gasteiger partial charge in [-0.05, 0) is 31.5 Å². The van der Waals surface area contributed by atoms with Crippen LogP contribution < -0.4 is 10.1 Å². The highest BCUT2D eigenvalue weighted by Crippen LogP contribution is 2.16. The van der Waals surface area contributed by atoms with Gasteiger partial charge in [-0.1, -0.05) is 17.7 Å². The third kappa shape index (κ3) is 5.56. The summed E-state index contributed by atoms with van der Waals surface area (Å²) in [5, 5.41) is 12.0. The molecular weight excluding hydrogens is 242 g/mol. The number of benzene rings is 1. The van der Waals surface area contributed by atoms with Crippen LogP contribution in [-0.4, -0.2) is 30.3 Å². The van der Waals surface area contributed by atoms with Crippen molar-refractivity contribution in [2.24, 2.45) is 0 Å². The standard InChI is InChI=1S/C12H16ClNO3/c1-9(5-6-15)14-12(16)8-17-11-4-2-3-10(13)7-11/h2-4,7,9,15H,5-6,8H2,1H3,(H,14,16). The van der Waals surface area contributed by atoms with Crippen LogP contribution in [0, 0.1) is 0 Å². The number of amides is 1. The lowest BCUT2D eigenvalue weighted by molar-refractivity contribution is -0.123. The van der Waals surface area contributed by atoms with E-state index < -0.39 is 0 Å². The minimum atomic E-state index is -0.217. The van der Waals surface area contributed by atoms with Gasteiger partial charge < -0.3 is 15.2 Å². The maximum Gasteiger partial charge on any atom is 0.258 e. The molecule has 4 nitrogen and oxygen atoms in total. The summed E-state index contributed by atoms with van der Waals surface area (Å²) in [6.45, 7) is 1.82. The first-order valence-electron chi connectivity index (χ1n) is 5.40. The van der Waals surface area contributed by atoms with E-state index in [0.29, 0.717) is 17.2 Å². The molecule has 0 aliphatic carbocycles. The van der Waals surface area contributed by atoms with Crippen LogP contribution in [-0.2, 0) is 4.79 Å². The fraction of sp³-hybridized carbons (Fsp3) is 0.417. The van der Waals surface area contributed by atoms with E-state index in [1.807, 2.05) is 6.92 Å². The molecule has 1 aromatic carbocycles. The van der Waals surface area contributed by atoms with Crippen molar-refractivity contribution in [1.29, 1.82) is 0 Å². The highest BCUT2D eigenvalue weighted by Gasteiger charge is 2.07. The van der Waals surface area contributed by atoms with Crippen LogP contribution in [0.3, 0.4) is 0 Å². The molecule has 2 N–H and O–H groups in total. The quantitative estimate of drug-likeness (QED) is 0.814. The fourth-order valence-electron chi connectivity index (χ4n) is 1.29. The first-order chi connectivity index (χ1) is 8.11. The summed E-state index contributed by atoms with van der Waals surface area (Å²) in [6.07, 6.45) is 0.531. The molecule has 1 rings (SSSR count). The lowest BCUT2D eigenvalue weighted by Crippen LogP contribution is -2.36. The number of carbonyl (C=O) groups is 1. The number of aliphatic hydroxyl groups excluding tert-OH is 1.